The van der Waals surface area contributed by atoms with Crippen LogP contribution in [0.2, 0.25) is 0 Å². The van der Waals surface area contributed by atoms with Gasteiger partial charge in [0.15, 0.2) is 0 Å². The first kappa shape index (κ1) is 39.3. The van der Waals surface area contributed by atoms with Crippen molar-refractivity contribution in [2.45, 2.75) is 121 Å². The summed E-state index contributed by atoms with van der Waals surface area (Å²) in [6.07, 6.45) is 7.12. The van der Waals surface area contributed by atoms with E-state index in [9.17, 15) is 32.7 Å². The number of carbonyl (C=O) groups excluding carboxylic acids is 3. The Morgan fingerprint density at radius 2 is 1.85 bits per heavy atom. The van der Waals surface area contributed by atoms with E-state index < -0.39 is 79.7 Å². The highest BCUT2D eigenvalue weighted by Gasteiger charge is 2.63. The number of fused-ring (bicyclic) bond motifs is 3. The van der Waals surface area contributed by atoms with Crippen molar-refractivity contribution in [3.8, 4) is 11.6 Å². The number of benzene rings is 1. The fraction of sp³-hybridized carbons (Fsp3) is 0.615. The van der Waals surface area contributed by atoms with Crippen LogP contribution in [0.5, 0.6) is 11.6 Å². The highest BCUT2D eigenvalue weighted by atomic mass is 32.2. The monoisotopic (exact) mass is 767 g/mol. The molecule has 0 radical (unpaired) electrons. The van der Waals surface area contributed by atoms with Crippen molar-refractivity contribution in [2.24, 2.45) is 17.8 Å². The molecule has 15 heteroatoms. The van der Waals surface area contributed by atoms with Crippen LogP contribution in [0.1, 0.15) is 86.5 Å². The van der Waals surface area contributed by atoms with Crippen LogP contribution >= 0.6 is 0 Å². The summed E-state index contributed by atoms with van der Waals surface area (Å²) in [4.78, 5) is 63.4. The van der Waals surface area contributed by atoms with Gasteiger partial charge in [-0.25, -0.2) is 18.2 Å². The number of ether oxygens (including phenoxy) is 2. The van der Waals surface area contributed by atoms with Crippen LogP contribution in [-0.4, -0.2) is 99.8 Å². The third-order valence-electron chi connectivity index (χ3n) is 11.8. The summed E-state index contributed by atoms with van der Waals surface area (Å²) in [6, 6.07) is 4.39. The van der Waals surface area contributed by atoms with E-state index >= 15 is 0 Å². The second kappa shape index (κ2) is 14.3. The number of aromatic nitrogens is 1. The molecule has 0 unspecified atom stereocenters. The molecule has 0 bridgehead atoms. The number of pyridine rings is 1. The Labute approximate surface area is 317 Å². The average molecular weight is 768 g/mol. The molecule has 7 atom stereocenters. The molecule has 54 heavy (non-hydrogen) atoms. The van der Waals surface area contributed by atoms with Crippen molar-refractivity contribution >= 4 is 44.6 Å². The molecule has 294 valence electrons. The minimum absolute atomic E-state index is 0.0143. The van der Waals surface area contributed by atoms with E-state index in [1.807, 2.05) is 37.3 Å². The predicted octanol–water partition coefficient (Wildman–Crippen LogP) is 4.62. The van der Waals surface area contributed by atoms with E-state index in [-0.39, 0.29) is 31.2 Å². The number of hydrogen-bond donors (Lipinski definition) is 3. The van der Waals surface area contributed by atoms with E-state index in [4.69, 9.17) is 9.47 Å². The third-order valence-corrected chi connectivity index (χ3v) is 14.0. The van der Waals surface area contributed by atoms with E-state index in [0.29, 0.717) is 36.8 Å². The molecule has 3 fully saturated rings. The van der Waals surface area contributed by atoms with E-state index in [2.05, 4.69) is 21.9 Å². The normalized spacial score (nSPS) is 31.6. The number of methoxy groups -OCH3 is 1. The summed E-state index contributed by atoms with van der Waals surface area (Å²) in [6.45, 7) is 10.6. The number of allylic oxidation sites excluding steroid dienone is 1. The number of nitrogens with zero attached hydrogens (tertiary/aromatic N) is 3. The molecule has 14 nitrogen and oxygen atoms in total. The summed E-state index contributed by atoms with van der Waals surface area (Å²) in [5.41, 5.74) is -2.74. The van der Waals surface area contributed by atoms with Gasteiger partial charge in [0.25, 0.3) is 5.91 Å². The quantitative estimate of drug-likeness (QED) is 0.320. The summed E-state index contributed by atoms with van der Waals surface area (Å²) in [5.74, 6) is -1.86. The molecule has 6 rings (SSSR count). The lowest BCUT2D eigenvalue weighted by atomic mass is 9.86. The number of nitrogens with one attached hydrogen (secondary N) is 2. The van der Waals surface area contributed by atoms with Gasteiger partial charge in [-0.1, -0.05) is 26.0 Å². The standard InChI is InChI=1S/C39H53N5O9S/c1-23(2)44(36(48)49)31-25(4)18-24(3)10-8-9-11-27-20-39(27,35(47)42-54(50,51)38(6)15-16-38)41-32(45)30-21-37(5,22-43(30)34(31)46)53-33-29-13-12-28(52-7)19-26(29)14-17-40-33/h9,11-14,17,19,23-25,27,30-31H,8,10,15-16,18,20-22H2,1-7H3,(H,41,45)(H,42,47)(H,48,49)/b11-9-/t24-,25+,27+,30-,31-,37+,39+/m0/s1. The molecule has 1 aromatic heterocycles. The number of rotatable bonds is 8. The zero-order valence-corrected chi connectivity index (χ0v) is 32.9. The van der Waals surface area contributed by atoms with Crippen molar-refractivity contribution in [1.82, 2.24) is 24.8 Å². The Morgan fingerprint density at radius 3 is 2.50 bits per heavy atom. The van der Waals surface area contributed by atoms with Gasteiger partial charge in [-0.3, -0.25) is 24.0 Å². The second-order valence-electron chi connectivity index (χ2n) is 16.6. The molecular formula is C39H53N5O9S. The number of carbonyl (C=O) groups is 4. The second-order valence-corrected chi connectivity index (χ2v) is 18.8. The Hall–Kier alpha value is -4.40. The third kappa shape index (κ3) is 7.47. The molecule has 3 heterocycles. The Morgan fingerprint density at radius 1 is 1.13 bits per heavy atom. The summed E-state index contributed by atoms with van der Waals surface area (Å²) < 4.78 is 39.6. The first-order valence-corrected chi connectivity index (χ1v) is 20.3. The lowest BCUT2D eigenvalue weighted by molar-refractivity contribution is -0.145. The minimum Gasteiger partial charge on any atom is -0.497 e. The van der Waals surface area contributed by atoms with Crippen LogP contribution in [0, 0.1) is 17.8 Å². The fourth-order valence-electron chi connectivity index (χ4n) is 8.22. The molecule has 2 aromatic rings. The summed E-state index contributed by atoms with van der Waals surface area (Å²) in [7, 11) is -2.44. The maximum absolute atomic E-state index is 15.0. The summed E-state index contributed by atoms with van der Waals surface area (Å²) in [5, 5.41) is 14.8. The maximum Gasteiger partial charge on any atom is 0.408 e. The van der Waals surface area contributed by atoms with Crippen molar-refractivity contribution < 1.29 is 42.2 Å². The SMILES string of the molecule is COc1ccc2c(O[C@]3(C)C[C@H]4C(=O)N[C@]5(C(=O)NS(=O)(=O)C6(C)CC6)C[C@H]5/C=C\CC[C@H](C)C[C@@H](C)[C@H](N(C(=O)O)C(C)C)C(=O)N4C3)nccc2c1. The molecule has 1 saturated heterocycles. The number of carboxylic acid groups (broad SMARTS) is 1. The lowest BCUT2D eigenvalue weighted by Crippen LogP contribution is -2.60. The van der Waals surface area contributed by atoms with Crippen molar-refractivity contribution in [3.05, 3.63) is 42.6 Å². The van der Waals surface area contributed by atoms with Crippen LogP contribution in [-0.2, 0) is 24.4 Å². The van der Waals surface area contributed by atoms with Crippen LogP contribution in [0.15, 0.2) is 42.6 Å². The van der Waals surface area contributed by atoms with Crippen molar-refractivity contribution in [2.75, 3.05) is 13.7 Å². The number of sulfonamides is 1. The number of amides is 4. The summed E-state index contributed by atoms with van der Waals surface area (Å²) >= 11 is 0. The van der Waals surface area contributed by atoms with Gasteiger partial charge in [-0.15, -0.1) is 0 Å². The molecule has 1 aromatic carbocycles. The first-order chi connectivity index (χ1) is 25.3. The number of hydrogen-bond acceptors (Lipinski definition) is 9. The average Bonchev–Trinajstić information content (AvgIpc) is 3.99. The largest absolute Gasteiger partial charge is 0.497 e. The smallest absolute Gasteiger partial charge is 0.408 e. The molecule has 2 saturated carbocycles. The van der Waals surface area contributed by atoms with Crippen LogP contribution in [0.4, 0.5) is 4.79 Å². The fourth-order valence-corrected chi connectivity index (χ4v) is 9.53. The molecular weight excluding hydrogens is 715 g/mol. The van der Waals surface area contributed by atoms with Crippen LogP contribution < -0.4 is 19.5 Å². The van der Waals surface area contributed by atoms with Gasteiger partial charge in [0.1, 0.15) is 29.0 Å². The van der Waals surface area contributed by atoms with Crippen molar-refractivity contribution in [3.63, 3.8) is 0 Å². The first-order valence-electron chi connectivity index (χ1n) is 18.8. The zero-order chi connectivity index (χ0) is 39.4. The van der Waals surface area contributed by atoms with Gasteiger partial charge in [0.05, 0.1) is 18.4 Å². The minimum atomic E-state index is -4.01. The molecule has 4 aliphatic rings. The highest BCUT2D eigenvalue weighted by molar-refractivity contribution is 7.91. The van der Waals surface area contributed by atoms with Gasteiger partial charge >= 0.3 is 6.09 Å². The van der Waals surface area contributed by atoms with Gasteiger partial charge in [-0.2, -0.15) is 0 Å². The molecule has 0 spiro atoms. The topological polar surface area (TPSA) is 185 Å². The van der Waals surface area contributed by atoms with Gasteiger partial charge in [0, 0.05) is 30.0 Å². The van der Waals surface area contributed by atoms with Crippen molar-refractivity contribution in [1.29, 1.82) is 0 Å². The van der Waals surface area contributed by atoms with Crippen LogP contribution in [0.25, 0.3) is 10.8 Å². The molecule has 2 aliphatic heterocycles. The lowest BCUT2D eigenvalue weighted by Gasteiger charge is -2.39. The molecule has 4 amide bonds. The van der Waals surface area contributed by atoms with Gasteiger partial charge in [-0.05, 0) is 108 Å². The Kier molecular flexibility index (Phi) is 10.4. The predicted molar refractivity (Wildman–Crippen MR) is 201 cm³/mol. The maximum atomic E-state index is 15.0. The molecule has 3 N–H and O–H groups in total. The van der Waals surface area contributed by atoms with E-state index in [0.717, 1.165) is 16.7 Å². The Bertz CT molecular complexity index is 1970. The van der Waals surface area contributed by atoms with Gasteiger partial charge in [0.2, 0.25) is 27.7 Å². The Balaban J connectivity index is 1.40. The zero-order valence-electron chi connectivity index (χ0n) is 32.1. The highest BCUT2D eigenvalue weighted by Crippen LogP contribution is 2.48. The molecule has 2 aliphatic carbocycles. The van der Waals surface area contributed by atoms with Gasteiger partial charge < -0.3 is 24.8 Å². The van der Waals surface area contributed by atoms with E-state index in [1.165, 1.54) is 4.90 Å². The van der Waals surface area contributed by atoms with Crippen LogP contribution in [0.3, 0.4) is 0 Å². The van der Waals surface area contributed by atoms with E-state index in [1.54, 1.807) is 47.1 Å².